The van der Waals surface area contributed by atoms with E-state index in [1.807, 2.05) is 54.6 Å². The molecule has 9 aliphatic carbocycles. The van der Waals surface area contributed by atoms with Gasteiger partial charge in [0.1, 0.15) is 90.3 Å². The van der Waals surface area contributed by atoms with Crippen molar-refractivity contribution >= 4 is 29.2 Å². The fraction of sp³-hybridized carbons (Fsp3) is 0.806. The standard InChI is InChI=1S/C23H30N4O3.C22H34N4O3.C22H33N3O3.C21H31N3O3.C20H29N3O3/c1-15-6-5-9-17(10-15)23(28)24-19-13-29-22-20(14-30-21(19)22)27-12-18(25-26-27)11-16-7-3-2-4-8-16;27-22(16-9-5-2-6-10-16)23-18-13-28-21-19(14-29-20(18)21)26-12-17(24-25-26)11-15-7-3-1-4-8-15;26-20(16-8-4-5-9-16)11-17-13-27-22-19(14-28-21(17)22)25-12-18(23-24-25)10-15-6-2-1-3-7-15;25-19(15-7-4-8-15)10-16-12-26-21-18(13-27-20(16)21)24-11-17(22-23-24)9-14-5-2-1-3-6-14;24-18(14-6-7-14)9-15-11-25-20-17(12-26-19(15)20)23-10-16(21-22-23)8-13-4-2-1-3-5-13/h5-6,9-10,12,16,19-22H,2-4,7-8,11,13-14H2,1H3,(H,24,28);12,15-16,18-21H,1-11,13-14H2,(H,23,27);12,15-17,19,21-22H,1-11,13-14H2;11,14-16,18,20-21H,1-10,12-13H2;10,13-15,17,19-20H,1-9,11-12H2/t19-,20-,21+,22+;18-,19-,20+,21+;17-,19-,21+,22+;16-,18-,20+,21+;15-,17-,19+,20+/m00000/s1. The Kier molecular flexibility index (Phi) is 33.0. The van der Waals surface area contributed by atoms with Crippen LogP contribution in [-0.2, 0) is 98.7 Å². The van der Waals surface area contributed by atoms with E-state index >= 15 is 0 Å². The average Bonchev–Trinajstić information content (AvgIpc) is 1.65. The number of benzene rings is 1. The van der Waals surface area contributed by atoms with Crippen molar-refractivity contribution in [2.75, 3.05) is 66.1 Å². The van der Waals surface area contributed by atoms with E-state index < -0.39 is 0 Å². The number of Topliss-reactive ketones (excluding diaryl/α,β-unsaturated/α-hetero) is 3. The number of amides is 2. The van der Waals surface area contributed by atoms with Crippen LogP contribution in [-0.4, -0.2) is 243 Å². The summed E-state index contributed by atoms with van der Waals surface area (Å²) in [7, 11) is 0. The molecule has 20 atom stereocenters. The van der Waals surface area contributed by atoms with Crippen molar-refractivity contribution in [3.8, 4) is 0 Å². The molecular formula is C108H157N17O15. The van der Waals surface area contributed by atoms with Crippen LogP contribution in [0.5, 0.6) is 0 Å². The minimum Gasteiger partial charge on any atom is -0.373 e. The zero-order chi connectivity index (χ0) is 94.8. The fourth-order valence-electron chi connectivity index (χ4n) is 27.2. The number of fused-ring (bicyclic) bond motifs is 5. The molecule has 9 saturated carbocycles. The van der Waals surface area contributed by atoms with Gasteiger partial charge in [0, 0.05) is 97.2 Å². The van der Waals surface area contributed by atoms with Gasteiger partial charge in [0.2, 0.25) is 5.91 Å². The summed E-state index contributed by atoms with van der Waals surface area (Å²) in [6.45, 7) is 7.77. The summed E-state index contributed by atoms with van der Waals surface area (Å²) in [5, 5.41) is 50.4. The second-order valence-electron chi connectivity index (χ2n) is 45.9. The molecule has 0 spiro atoms. The van der Waals surface area contributed by atoms with Crippen molar-refractivity contribution < 1.29 is 71.3 Å². The largest absolute Gasteiger partial charge is 0.373 e. The summed E-state index contributed by atoms with van der Waals surface area (Å²) in [5.41, 5.74) is 7.17. The van der Waals surface area contributed by atoms with Gasteiger partial charge in [-0.3, -0.25) is 24.0 Å². The summed E-state index contributed by atoms with van der Waals surface area (Å²) >= 11 is 0. The van der Waals surface area contributed by atoms with Crippen LogP contribution in [0.3, 0.4) is 0 Å². The number of hydrogen-bond acceptors (Lipinski definition) is 25. The molecule has 6 aromatic rings. The van der Waals surface area contributed by atoms with Gasteiger partial charge in [-0.25, -0.2) is 23.4 Å². The quantitative estimate of drug-likeness (QED) is 0.0461. The molecule has 2 amide bonds. The molecule has 2 N–H and O–H groups in total. The topological polar surface area (TPSA) is 355 Å². The number of nitrogens with zero attached hydrogens (tertiary/aromatic N) is 15. The molecular weight excluding hydrogens is 1780 g/mol. The molecule has 0 unspecified atom stereocenters. The highest BCUT2D eigenvalue weighted by molar-refractivity contribution is 5.94. The zero-order valence-corrected chi connectivity index (χ0v) is 83.1. The molecule has 32 nitrogen and oxygen atoms in total. The van der Waals surface area contributed by atoms with Gasteiger partial charge in [0.05, 0.1) is 125 Å². The van der Waals surface area contributed by atoms with Crippen LogP contribution < -0.4 is 10.6 Å². The van der Waals surface area contributed by atoms with Crippen molar-refractivity contribution in [3.63, 3.8) is 0 Å². The Labute approximate surface area is 825 Å². The van der Waals surface area contributed by atoms with Crippen LogP contribution in [0.1, 0.15) is 344 Å². The third-order valence-corrected chi connectivity index (χ3v) is 35.7. The van der Waals surface area contributed by atoms with Gasteiger partial charge < -0.3 is 58.0 Å². The predicted octanol–water partition coefficient (Wildman–Crippen LogP) is 15.0. The lowest BCUT2D eigenvalue weighted by molar-refractivity contribution is -0.128. The van der Waals surface area contributed by atoms with Gasteiger partial charge in [-0.2, -0.15) is 0 Å². The molecule has 0 radical (unpaired) electrons. The summed E-state index contributed by atoms with van der Waals surface area (Å²) in [4.78, 5) is 62.4. The Morgan fingerprint density at radius 2 is 0.550 bits per heavy atom. The molecule has 19 fully saturated rings. The Morgan fingerprint density at radius 1 is 0.286 bits per heavy atom. The van der Waals surface area contributed by atoms with Crippen LogP contribution >= 0.6 is 0 Å². The van der Waals surface area contributed by atoms with Gasteiger partial charge in [0.25, 0.3) is 5.91 Å². The van der Waals surface area contributed by atoms with Crippen molar-refractivity contribution in [1.82, 2.24) is 85.6 Å². The molecule has 0 bridgehead atoms. The Morgan fingerprint density at radius 3 is 0.857 bits per heavy atom. The zero-order valence-electron chi connectivity index (χ0n) is 83.1. The van der Waals surface area contributed by atoms with E-state index in [0.717, 1.165) is 147 Å². The maximum Gasteiger partial charge on any atom is 0.251 e. The number of rotatable bonds is 28. The third kappa shape index (κ3) is 24.1. The van der Waals surface area contributed by atoms with Crippen molar-refractivity contribution in [1.29, 1.82) is 0 Å². The van der Waals surface area contributed by atoms with Crippen molar-refractivity contribution in [3.05, 3.63) is 94.8 Å². The SMILES string of the molecule is Cc1cccc(C(=O)N[C@H]2CO[C@H]3[C@@H]2OC[C@@H]3n2cc(CC3CCCCC3)nn2)c1.O=C(C[C@H]1CO[C@H]2[C@@H]1OC[C@@H]2n1cc(CC2CCCCC2)nn1)C1CC1.O=C(C[C@H]1CO[C@H]2[C@@H]1OC[C@@H]2n1cc(CC2CCCCC2)nn1)C1CCC1.O=C(C[C@H]1CO[C@H]2[C@@H]1OC[C@@H]2n1cc(CC2CCCCC2)nn1)C1CCCC1.O=C(N[C@H]1CO[C@H]2[C@@H]1OC[C@@H]2n1cc(CC2CCCCC2)nn1)C1CCCCC1. The molecule has 10 saturated heterocycles. The molecule has 764 valence electrons. The van der Waals surface area contributed by atoms with E-state index in [-0.39, 0.29) is 145 Å². The second kappa shape index (κ2) is 46.9. The number of hydrogen-bond donors (Lipinski definition) is 2. The average molecular weight is 1930 g/mol. The lowest BCUT2D eigenvalue weighted by Gasteiger charge is -2.25. The van der Waals surface area contributed by atoms with E-state index in [1.54, 1.807) is 0 Å². The lowest BCUT2D eigenvalue weighted by atomic mass is 9.79. The smallest absolute Gasteiger partial charge is 0.251 e. The molecule has 10 aliphatic heterocycles. The maximum atomic E-state index is 12.6. The van der Waals surface area contributed by atoms with E-state index in [1.165, 1.54) is 199 Å². The van der Waals surface area contributed by atoms with Crippen LogP contribution in [0.4, 0.5) is 0 Å². The Hall–Kier alpha value is -7.53. The first-order chi connectivity index (χ1) is 68.8. The minimum atomic E-state index is -0.158. The summed E-state index contributed by atoms with van der Waals surface area (Å²) in [6, 6.07) is 7.72. The van der Waals surface area contributed by atoms with Crippen LogP contribution in [0.25, 0.3) is 0 Å². The molecule has 19 aliphatic rings. The van der Waals surface area contributed by atoms with Gasteiger partial charge in [-0.05, 0) is 132 Å². The van der Waals surface area contributed by atoms with E-state index in [2.05, 4.69) is 93.2 Å². The molecule has 140 heavy (non-hydrogen) atoms. The monoisotopic (exact) mass is 1930 g/mol. The van der Waals surface area contributed by atoms with Crippen LogP contribution in [0.2, 0.25) is 0 Å². The Bertz CT molecular complexity index is 4990. The summed E-state index contributed by atoms with van der Waals surface area (Å²) in [5.74, 6) is 6.82. The molecule has 1 aromatic carbocycles. The van der Waals surface area contributed by atoms with Gasteiger partial charge in [-0.1, -0.05) is 243 Å². The van der Waals surface area contributed by atoms with E-state index in [9.17, 15) is 24.0 Å². The van der Waals surface area contributed by atoms with E-state index in [0.29, 0.717) is 120 Å². The first kappa shape index (κ1) is 98.5. The molecule has 15 heterocycles. The molecule has 32 heteroatoms. The highest BCUT2D eigenvalue weighted by atomic mass is 16.6. The number of ether oxygens (including phenoxy) is 10. The predicted molar refractivity (Wildman–Crippen MR) is 516 cm³/mol. The van der Waals surface area contributed by atoms with Gasteiger partial charge in [-0.15, -0.1) is 25.5 Å². The van der Waals surface area contributed by atoms with E-state index in [4.69, 9.17) is 47.4 Å². The Balaban J connectivity index is 0.000000104. The van der Waals surface area contributed by atoms with Crippen LogP contribution in [0.15, 0.2) is 55.2 Å². The minimum absolute atomic E-state index is 0.00322. The third-order valence-electron chi connectivity index (χ3n) is 35.7. The van der Waals surface area contributed by atoms with Gasteiger partial charge >= 0.3 is 0 Å². The first-order valence-electron chi connectivity index (χ1n) is 55.7. The highest BCUT2D eigenvalue weighted by Gasteiger charge is 2.56. The normalized spacial score (nSPS) is 33.2. The number of aryl methyl sites for hydroxylation is 1. The summed E-state index contributed by atoms with van der Waals surface area (Å²) < 4.78 is 70.5. The number of carbonyl (C=O) groups excluding carboxylic acids is 5. The van der Waals surface area contributed by atoms with Crippen molar-refractivity contribution in [2.24, 2.45) is 71.0 Å². The maximum absolute atomic E-state index is 12.6. The number of ketones is 3. The molecule has 5 aromatic heterocycles. The lowest BCUT2D eigenvalue weighted by Crippen LogP contribution is -2.46. The van der Waals surface area contributed by atoms with Crippen molar-refractivity contribution in [2.45, 2.75) is 412 Å². The second-order valence-corrected chi connectivity index (χ2v) is 45.9. The molecule has 25 rings (SSSR count). The number of nitrogens with one attached hydrogen (secondary N) is 2. The summed E-state index contributed by atoms with van der Waals surface area (Å²) in [6.07, 6.45) is 66.4. The van der Waals surface area contributed by atoms with Gasteiger partial charge in [0.15, 0.2) is 0 Å². The number of aromatic nitrogens is 15. The highest BCUT2D eigenvalue weighted by Crippen LogP contribution is 2.47. The number of carbonyl (C=O) groups is 5. The first-order valence-corrected chi connectivity index (χ1v) is 55.7. The fourth-order valence-corrected chi connectivity index (χ4v) is 27.2. The van der Waals surface area contributed by atoms with Crippen LogP contribution in [0, 0.1) is 77.9 Å².